The molecule has 1 unspecified atom stereocenters. The standard InChI is InChI=1S/C14H15NO/c1-11-8-9-14(15-10-11)16-12(2)13-6-4-3-5-7-13/h3-10,12H,1-2H3. The molecule has 0 spiro atoms. The fourth-order valence-electron chi connectivity index (χ4n) is 1.50. The molecule has 1 aromatic heterocycles. The Bertz CT molecular complexity index is 436. The maximum absolute atomic E-state index is 5.74. The van der Waals surface area contributed by atoms with E-state index in [0.29, 0.717) is 5.88 Å². The number of nitrogens with zero attached hydrogens (tertiary/aromatic N) is 1. The zero-order valence-electron chi connectivity index (χ0n) is 9.55. The van der Waals surface area contributed by atoms with Crippen molar-refractivity contribution in [2.45, 2.75) is 20.0 Å². The van der Waals surface area contributed by atoms with Gasteiger partial charge in [-0.05, 0) is 25.0 Å². The predicted octanol–water partition coefficient (Wildman–Crippen LogP) is 3.53. The van der Waals surface area contributed by atoms with Gasteiger partial charge in [0.05, 0.1) is 0 Å². The van der Waals surface area contributed by atoms with E-state index in [1.54, 1.807) is 0 Å². The maximum Gasteiger partial charge on any atom is 0.213 e. The van der Waals surface area contributed by atoms with Gasteiger partial charge in [-0.1, -0.05) is 36.4 Å². The van der Waals surface area contributed by atoms with Gasteiger partial charge < -0.3 is 4.74 Å². The highest BCUT2D eigenvalue weighted by molar-refractivity contribution is 5.20. The van der Waals surface area contributed by atoms with E-state index in [1.165, 1.54) is 0 Å². The second-order valence-electron chi connectivity index (χ2n) is 3.84. The molecule has 0 aliphatic carbocycles. The van der Waals surface area contributed by atoms with Crippen LogP contribution in [0.2, 0.25) is 0 Å². The van der Waals surface area contributed by atoms with Crippen LogP contribution in [-0.2, 0) is 0 Å². The summed E-state index contributed by atoms with van der Waals surface area (Å²) in [5, 5.41) is 0. The minimum absolute atomic E-state index is 0.0245. The van der Waals surface area contributed by atoms with Crippen LogP contribution in [0, 0.1) is 6.92 Å². The second-order valence-corrected chi connectivity index (χ2v) is 3.84. The molecule has 2 nitrogen and oxygen atoms in total. The van der Waals surface area contributed by atoms with E-state index < -0.39 is 0 Å². The van der Waals surface area contributed by atoms with Crippen LogP contribution in [0.5, 0.6) is 5.88 Å². The molecule has 1 heterocycles. The van der Waals surface area contributed by atoms with Gasteiger partial charge in [0.15, 0.2) is 0 Å². The van der Waals surface area contributed by atoms with Gasteiger partial charge in [-0.25, -0.2) is 4.98 Å². The minimum atomic E-state index is 0.0245. The van der Waals surface area contributed by atoms with Crippen LogP contribution in [0.4, 0.5) is 0 Å². The number of hydrogen-bond donors (Lipinski definition) is 0. The first kappa shape index (κ1) is 10.7. The Balaban J connectivity index is 2.08. The highest BCUT2D eigenvalue weighted by atomic mass is 16.5. The lowest BCUT2D eigenvalue weighted by atomic mass is 10.1. The quantitative estimate of drug-likeness (QED) is 0.778. The van der Waals surface area contributed by atoms with E-state index in [0.717, 1.165) is 11.1 Å². The molecule has 16 heavy (non-hydrogen) atoms. The number of rotatable bonds is 3. The fourth-order valence-corrected chi connectivity index (χ4v) is 1.50. The van der Waals surface area contributed by atoms with Gasteiger partial charge in [0, 0.05) is 12.3 Å². The highest BCUT2D eigenvalue weighted by Crippen LogP contribution is 2.19. The summed E-state index contributed by atoms with van der Waals surface area (Å²) in [4.78, 5) is 4.22. The van der Waals surface area contributed by atoms with Gasteiger partial charge >= 0.3 is 0 Å². The summed E-state index contributed by atoms with van der Waals surface area (Å²) in [6.45, 7) is 4.04. The predicted molar refractivity (Wildman–Crippen MR) is 64.5 cm³/mol. The van der Waals surface area contributed by atoms with Crippen LogP contribution in [0.25, 0.3) is 0 Å². The lowest BCUT2D eigenvalue weighted by Crippen LogP contribution is -2.03. The summed E-state index contributed by atoms with van der Waals surface area (Å²) in [7, 11) is 0. The van der Waals surface area contributed by atoms with E-state index >= 15 is 0 Å². The maximum atomic E-state index is 5.74. The van der Waals surface area contributed by atoms with Crippen molar-refractivity contribution in [2.75, 3.05) is 0 Å². The summed E-state index contributed by atoms with van der Waals surface area (Å²) in [6.07, 6.45) is 1.84. The number of hydrogen-bond acceptors (Lipinski definition) is 2. The monoisotopic (exact) mass is 213 g/mol. The zero-order valence-corrected chi connectivity index (χ0v) is 9.55. The van der Waals surface area contributed by atoms with Crippen molar-refractivity contribution in [1.82, 2.24) is 4.98 Å². The Morgan fingerprint density at radius 3 is 2.44 bits per heavy atom. The first-order chi connectivity index (χ1) is 7.75. The summed E-state index contributed by atoms with van der Waals surface area (Å²) < 4.78 is 5.74. The minimum Gasteiger partial charge on any atom is -0.470 e. The van der Waals surface area contributed by atoms with Crippen molar-refractivity contribution in [3.05, 3.63) is 59.8 Å². The van der Waals surface area contributed by atoms with Crippen molar-refractivity contribution in [3.8, 4) is 5.88 Å². The van der Waals surface area contributed by atoms with Gasteiger partial charge in [-0.2, -0.15) is 0 Å². The molecule has 0 N–H and O–H groups in total. The van der Waals surface area contributed by atoms with Crippen molar-refractivity contribution < 1.29 is 4.74 Å². The summed E-state index contributed by atoms with van der Waals surface area (Å²) in [5.41, 5.74) is 2.30. The van der Waals surface area contributed by atoms with E-state index in [2.05, 4.69) is 17.1 Å². The summed E-state index contributed by atoms with van der Waals surface area (Å²) in [5.74, 6) is 0.668. The lowest BCUT2D eigenvalue weighted by Gasteiger charge is -2.13. The smallest absolute Gasteiger partial charge is 0.213 e. The average molecular weight is 213 g/mol. The van der Waals surface area contributed by atoms with Crippen molar-refractivity contribution >= 4 is 0 Å². The Morgan fingerprint density at radius 2 is 1.81 bits per heavy atom. The summed E-state index contributed by atoms with van der Waals surface area (Å²) >= 11 is 0. The number of aromatic nitrogens is 1. The molecule has 82 valence electrons. The second kappa shape index (κ2) is 4.79. The number of aryl methyl sites for hydroxylation is 1. The van der Waals surface area contributed by atoms with Crippen LogP contribution in [-0.4, -0.2) is 4.98 Å². The molecule has 0 saturated heterocycles. The summed E-state index contributed by atoms with van der Waals surface area (Å²) in [6, 6.07) is 14.0. The Labute approximate surface area is 95.9 Å². The largest absolute Gasteiger partial charge is 0.470 e. The van der Waals surface area contributed by atoms with E-state index in [1.807, 2.05) is 50.4 Å². The first-order valence-electron chi connectivity index (χ1n) is 5.40. The molecule has 0 aliphatic rings. The lowest BCUT2D eigenvalue weighted by molar-refractivity contribution is 0.217. The van der Waals surface area contributed by atoms with E-state index in [9.17, 15) is 0 Å². The Morgan fingerprint density at radius 1 is 1.06 bits per heavy atom. The van der Waals surface area contributed by atoms with Crippen LogP contribution in [0.3, 0.4) is 0 Å². The molecule has 2 aromatic rings. The molecule has 0 amide bonds. The fraction of sp³-hybridized carbons (Fsp3) is 0.214. The molecule has 0 fully saturated rings. The van der Waals surface area contributed by atoms with Gasteiger partial charge in [0.2, 0.25) is 5.88 Å². The Kier molecular flexibility index (Phi) is 3.20. The molecule has 0 radical (unpaired) electrons. The third-order valence-corrected chi connectivity index (χ3v) is 2.45. The van der Waals surface area contributed by atoms with Crippen molar-refractivity contribution in [3.63, 3.8) is 0 Å². The van der Waals surface area contributed by atoms with Crippen molar-refractivity contribution in [1.29, 1.82) is 0 Å². The normalized spacial score (nSPS) is 12.1. The van der Waals surface area contributed by atoms with Crippen LogP contribution in [0.1, 0.15) is 24.2 Å². The van der Waals surface area contributed by atoms with Crippen LogP contribution in [0.15, 0.2) is 48.7 Å². The third-order valence-electron chi connectivity index (χ3n) is 2.45. The SMILES string of the molecule is Cc1ccc(OC(C)c2ccccc2)nc1. The van der Waals surface area contributed by atoms with Gasteiger partial charge in [0.1, 0.15) is 6.10 Å². The van der Waals surface area contributed by atoms with Crippen LogP contribution < -0.4 is 4.74 Å². The molecule has 2 heteroatoms. The number of pyridine rings is 1. The van der Waals surface area contributed by atoms with Gasteiger partial charge in [-0.15, -0.1) is 0 Å². The van der Waals surface area contributed by atoms with E-state index in [-0.39, 0.29) is 6.10 Å². The molecular formula is C14H15NO. The van der Waals surface area contributed by atoms with E-state index in [4.69, 9.17) is 4.74 Å². The number of ether oxygens (including phenoxy) is 1. The molecule has 1 aromatic carbocycles. The van der Waals surface area contributed by atoms with Gasteiger partial charge in [-0.3, -0.25) is 0 Å². The van der Waals surface area contributed by atoms with Crippen LogP contribution >= 0.6 is 0 Å². The molecule has 0 aliphatic heterocycles. The highest BCUT2D eigenvalue weighted by Gasteiger charge is 2.06. The first-order valence-corrected chi connectivity index (χ1v) is 5.40. The Hall–Kier alpha value is -1.83. The average Bonchev–Trinajstić information content (AvgIpc) is 2.33. The topological polar surface area (TPSA) is 22.1 Å². The molecule has 2 rings (SSSR count). The third kappa shape index (κ3) is 2.60. The van der Waals surface area contributed by atoms with Gasteiger partial charge in [0.25, 0.3) is 0 Å². The molecule has 1 atom stereocenters. The number of benzene rings is 1. The molecule has 0 saturated carbocycles. The van der Waals surface area contributed by atoms with Crippen molar-refractivity contribution in [2.24, 2.45) is 0 Å². The molecule has 0 bridgehead atoms. The molecular weight excluding hydrogens is 198 g/mol. The zero-order chi connectivity index (χ0) is 11.4.